The summed E-state index contributed by atoms with van der Waals surface area (Å²) in [5.41, 5.74) is 2.59. The summed E-state index contributed by atoms with van der Waals surface area (Å²) in [6.07, 6.45) is 6.11. The van der Waals surface area contributed by atoms with Crippen LogP contribution in [0.25, 0.3) is 5.57 Å². The van der Waals surface area contributed by atoms with Crippen LogP contribution < -0.4 is 5.32 Å². The summed E-state index contributed by atoms with van der Waals surface area (Å²) < 4.78 is 0. The Balaban J connectivity index is 1.82. The molecule has 0 unspecified atom stereocenters. The molecule has 0 aromatic heterocycles. The summed E-state index contributed by atoms with van der Waals surface area (Å²) in [6.45, 7) is 3.25. The summed E-state index contributed by atoms with van der Waals surface area (Å²) in [4.78, 5) is 0. The lowest BCUT2D eigenvalue weighted by molar-refractivity contribution is 0.690. The van der Waals surface area contributed by atoms with Gasteiger partial charge in [-0.3, -0.25) is 0 Å². The third-order valence-electron chi connectivity index (χ3n) is 2.90. The Morgan fingerprint density at radius 2 is 2.06 bits per heavy atom. The lowest BCUT2D eigenvalue weighted by atomic mass is 10.1. The first-order valence-corrected chi connectivity index (χ1v) is 6.29. The molecular formula is C14H18ClN. The van der Waals surface area contributed by atoms with E-state index in [1.165, 1.54) is 24.0 Å². The largest absolute Gasteiger partial charge is 0.314 e. The van der Waals surface area contributed by atoms with E-state index in [1.807, 2.05) is 12.1 Å². The van der Waals surface area contributed by atoms with Gasteiger partial charge < -0.3 is 5.32 Å². The second kappa shape index (κ2) is 5.51. The first-order valence-electron chi connectivity index (χ1n) is 5.92. The van der Waals surface area contributed by atoms with Gasteiger partial charge in [-0.1, -0.05) is 29.8 Å². The summed E-state index contributed by atoms with van der Waals surface area (Å²) in [6, 6.07) is 8.84. The van der Waals surface area contributed by atoms with Gasteiger partial charge in [0.1, 0.15) is 0 Å². The van der Waals surface area contributed by atoms with Gasteiger partial charge in [0.2, 0.25) is 0 Å². The number of hydrogen-bond donors (Lipinski definition) is 1. The van der Waals surface area contributed by atoms with E-state index in [0.717, 1.165) is 24.0 Å². The Bertz CT molecular complexity index is 363. The predicted octanol–water partition coefficient (Wildman–Crippen LogP) is 3.89. The van der Waals surface area contributed by atoms with Crippen molar-refractivity contribution >= 4 is 17.2 Å². The van der Waals surface area contributed by atoms with Crippen LogP contribution in [0.4, 0.5) is 0 Å². The SMILES string of the molecule is CC(=CCCNC1CC1)c1ccc(Cl)cc1. The average molecular weight is 236 g/mol. The molecule has 0 amide bonds. The Hall–Kier alpha value is -0.790. The molecule has 0 aliphatic heterocycles. The molecule has 0 heterocycles. The highest BCUT2D eigenvalue weighted by atomic mass is 35.5. The molecule has 2 rings (SSSR count). The van der Waals surface area contributed by atoms with Crippen molar-refractivity contribution in [1.82, 2.24) is 5.32 Å². The van der Waals surface area contributed by atoms with Gasteiger partial charge in [0, 0.05) is 11.1 Å². The highest BCUT2D eigenvalue weighted by Gasteiger charge is 2.19. The fourth-order valence-corrected chi connectivity index (χ4v) is 1.82. The van der Waals surface area contributed by atoms with Crippen molar-refractivity contribution in [1.29, 1.82) is 0 Å². The summed E-state index contributed by atoms with van der Waals surface area (Å²) in [7, 11) is 0. The van der Waals surface area contributed by atoms with Crippen LogP contribution in [0.2, 0.25) is 5.02 Å². The highest BCUT2D eigenvalue weighted by molar-refractivity contribution is 6.30. The first-order chi connectivity index (χ1) is 7.75. The van der Waals surface area contributed by atoms with Crippen LogP contribution in [0, 0.1) is 0 Å². The van der Waals surface area contributed by atoms with Gasteiger partial charge in [-0.15, -0.1) is 0 Å². The Morgan fingerprint density at radius 1 is 1.38 bits per heavy atom. The van der Waals surface area contributed by atoms with Crippen molar-refractivity contribution in [3.63, 3.8) is 0 Å². The number of halogens is 1. The predicted molar refractivity (Wildman–Crippen MR) is 70.7 cm³/mol. The minimum Gasteiger partial charge on any atom is -0.314 e. The maximum absolute atomic E-state index is 5.86. The van der Waals surface area contributed by atoms with Crippen molar-refractivity contribution < 1.29 is 0 Å². The lowest BCUT2D eigenvalue weighted by Crippen LogP contribution is -2.16. The second-order valence-electron chi connectivity index (χ2n) is 4.41. The summed E-state index contributed by atoms with van der Waals surface area (Å²) >= 11 is 5.86. The van der Waals surface area contributed by atoms with Gasteiger partial charge in [-0.25, -0.2) is 0 Å². The van der Waals surface area contributed by atoms with E-state index < -0.39 is 0 Å². The molecule has 1 fully saturated rings. The van der Waals surface area contributed by atoms with Crippen LogP contribution in [0.3, 0.4) is 0 Å². The Morgan fingerprint density at radius 3 is 2.69 bits per heavy atom. The number of allylic oxidation sites excluding steroid dienone is 1. The molecule has 2 heteroatoms. The second-order valence-corrected chi connectivity index (χ2v) is 4.85. The maximum atomic E-state index is 5.86. The molecule has 1 aliphatic rings. The zero-order chi connectivity index (χ0) is 11.4. The van der Waals surface area contributed by atoms with Crippen molar-refractivity contribution in [3.05, 3.63) is 40.9 Å². The Labute approximate surface area is 103 Å². The standard InChI is InChI=1S/C14H18ClN/c1-11(3-2-10-16-14-8-9-14)12-4-6-13(15)7-5-12/h3-7,14,16H,2,8-10H2,1H3. The fraction of sp³-hybridized carbons (Fsp3) is 0.429. The highest BCUT2D eigenvalue weighted by Crippen LogP contribution is 2.19. The van der Waals surface area contributed by atoms with E-state index in [0.29, 0.717) is 0 Å². The average Bonchev–Trinajstić information content (AvgIpc) is 3.09. The van der Waals surface area contributed by atoms with Crippen LogP contribution in [0.15, 0.2) is 30.3 Å². The molecule has 16 heavy (non-hydrogen) atoms. The molecule has 1 N–H and O–H groups in total. The third kappa shape index (κ3) is 3.66. The number of rotatable bonds is 5. The van der Waals surface area contributed by atoms with Crippen LogP contribution in [-0.4, -0.2) is 12.6 Å². The van der Waals surface area contributed by atoms with E-state index in [9.17, 15) is 0 Å². The molecular weight excluding hydrogens is 218 g/mol. The van der Waals surface area contributed by atoms with Crippen molar-refractivity contribution in [2.75, 3.05) is 6.54 Å². The van der Waals surface area contributed by atoms with Crippen LogP contribution in [0.1, 0.15) is 31.7 Å². The quantitative estimate of drug-likeness (QED) is 0.764. The number of hydrogen-bond acceptors (Lipinski definition) is 1. The topological polar surface area (TPSA) is 12.0 Å². The van der Waals surface area contributed by atoms with Crippen LogP contribution in [-0.2, 0) is 0 Å². The van der Waals surface area contributed by atoms with Crippen LogP contribution in [0.5, 0.6) is 0 Å². The van der Waals surface area contributed by atoms with Gasteiger partial charge in [0.05, 0.1) is 0 Å². The lowest BCUT2D eigenvalue weighted by Gasteiger charge is -2.03. The molecule has 1 aromatic carbocycles. The van der Waals surface area contributed by atoms with E-state index >= 15 is 0 Å². The van der Waals surface area contributed by atoms with Crippen molar-refractivity contribution in [3.8, 4) is 0 Å². The first kappa shape index (κ1) is 11.7. The number of nitrogens with one attached hydrogen (secondary N) is 1. The van der Waals surface area contributed by atoms with Gasteiger partial charge in [-0.2, -0.15) is 0 Å². The molecule has 86 valence electrons. The van der Waals surface area contributed by atoms with E-state index in [4.69, 9.17) is 11.6 Å². The third-order valence-corrected chi connectivity index (χ3v) is 3.16. The normalized spacial score (nSPS) is 16.5. The van der Waals surface area contributed by atoms with Gasteiger partial charge in [-0.05, 0) is 56.0 Å². The summed E-state index contributed by atoms with van der Waals surface area (Å²) in [5, 5.41) is 4.30. The zero-order valence-corrected chi connectivity index (χ0v) is 10.4. The molecule has 1 aromatic rings. The fourth-order valence-electron chi connectivity index (χ4n) is 1.69. The molecule has 0 bridgehead atoms. The van der Waals surface area contributed by atoms with Gasteiger partial charge in [0.25, 0.3) is 0 Å². The van der Waals surface area contributed by atoms with Crippen LogP contribution >= 0.6 is 11.6 Å². The molecule has 1 nitrogen and oxygen atoms in total. The minimum atomic E-state index is 0.798. The monoisotopic (exact) mass is 235 g/mol. The van der Waals surface area contributed by atoms with Gasteiger partial charge >= 0.3 is 0 Å². The molecule has 1 saturated carbocycles. The molecule has 0 atom stereocenters. The van der Waals surface area contributed by atoms with Crippen molar-refractivity contribution in [2.24, 2.45) is 0 Å². The minimum absolute atomic E-state index is 0.798. The molecule has 0 spiro atoms. The maximum Gasteiger partial charge on any atom is 0.0406 e. The van der Waals surface area contributed by atoms with E-state index in [2.05, 4.69) is 30.4 Å². The summed E-state index contributed by atoms with van der Waals surface area (Å²) in [5.74, 6) is 0. The van der Waals surface area contributed by atoms with E-state index in [1.54, 1.807) is 0 Å². The molecule has 1 aliphatic carbocycles. The number of benzene rings is 1. The smallest absolute Gasteiger partial charge is 0.0406 e. The van der Waals surface area contributed by atoms with Gasteiger partial charge in [0.15, 0.2) is 0 Å². The molecule has 0 saturated heterocycles. The molecule has 0 radical (unpaired) electrons. The Kier molecular flexibility index (Phi) is 4.03. The van der Waals surface area contributed by atoms with E-state index in [-0.39, 0.29) is 0 Å². The van der Waals surface area contributed by atoms with Crippen molar-refractivity contribution in [2.45, 2.75) is 32.2 Å². The zero-order valence-electron chi connectivity index (χ0n) is 9.67.